The Hall–Kier alpha value is -0.900. The molecule has 0 spiro atoms. The van der Waals surface area contributed by atoms with Crippen molar-refractivity contribution in [1.29, 1.82) is 0 Å². The first-order valence-electron chi connectivity index (χ1n) is 10.7. The van der Waals surface area contributed by atoms with E-state index in [1.54, 1.807) is 0 Å². The summed E-state index contributed by atoms with van der Waals surface area (Å²) in [5.74, 6) is 0.893. The molecule has 0 bridgehead atoms. The predicted molar refractivity (Wildman–Crippen MR) is 131 cm³/mol. The lowest BCUT2D eigenvalue weighted by Crippen LogP contribution is -2.42. The van der Waals surface area contributed by atoms with Crippen LogP contribution in [0.5, 0.6) is 0 Å². The summed E-state index contributed by atoms with van der Waals surface area (Å²) >= 11 is 0. The van der Waals surface area contributed by atoms with Gasteiger partial charge in [0.25, 0.3) is 0 Å². The lowest BCUT2D eigenvalue weighted by Gasteiger charge is -2.34. The molecule has 1 fully saturated rings. The van der Waals surface area contributed by atoms with Gasteiger partial charge in [-0.3, -0.25) is 9.89 Å². The normalized spacial score (nSPS) is 16.2. The number of guanidine groups is 1. The zero-order valence-corrected chi connectivity index (χ0v) is 20.6. The lowest BCUT2D eigenvalue weighted by molar-refractivity contribution is 0.0179. The monoisotopic (exact) mass is 518 g/mol. The van der Waals surface area contributed by atoms with E-state index in [1.807, 2.05) is 6.92 Å². The average molecular weight is 518 g/mol. The van der Waals surface area contributed by atoms with Crippen LogP contribution < -0.4 is 10.6 Å². The molecule has 2 N–H and O–H groups in total. The number of nitrogens with one attached hydrogen (secondary N) is 2. The van der Waals surface area contributed by atoms with Crippen LogP contribution in [0.2, 0.25) is 0 Å². The van der Waals surface area contributed by atoms with Crippen LogP contribution in [0.25, 0.3) is 0 Å². The van der Waals surface area contributed by atoms with Crippen molar-refractivity contribution in [2.75, 3.05) is 59.2 Å². The van der Waals surface area contributed by atoms with Crippen LogP contribution in [0, 0.1) is 6.92 Å². The topological polar surface area (TPSA) is 58.1 Å². The minimum Gasteiger partial charge on any atom is -0.382 e. The van der Waals surface area contributed by atoms with Crippen molar-refractivity contribution in [3.63, 3.8) is 0 Å². The second kappa shape index (κ2) is 15.9. The minimum absolute atomic E-state index is 0. The smallest absolute Gasteiger partial charge is 0.191 e. The number of unbranched alkanes of at least 4 members (excludes halogenated alkanes) is 1. The zero-order chi connectivity index (χ0) is 20.0. The second-order valence-corrected chi connectivity index (χ2v) is 7.13. The second-order valence-electron chi connectivity index (χ2n) is 7.13. The summed E-state index contributed by atoms with van der Waals surface area (Å²) in [7, 11) is 0. The maximum absolute atomic E-state index is 5.55. The molecule has 1 aliphatic rings. The summed E-state index contributed by atoms with van der Waals surface area (Å²) in [4.78, 5) is 7.40. The number of aliphatic imine (C=N–C) groups is 1. The Morgan fingerprint density at radius 3 is 2.69 bits per heavy atom. The van der Waals surface area contributed by atoms with Crippen LogP contribution in [0.4, 0.5) is 0 Å². The third kappa shape index (κ3) is 10.1. The molecule has 0 aromatic heterocycles. The highest BCUT2D eigenvalue weighted by Crippen LogP contribution is 2.23. The Balaban J connectivity index is 0.00000420. The van der Waals surface area contributed by atoms with E-state index < -0.39 is 0 Å². The molecule has 1 heterocycles. The number of hydrogen-bond acceptors (Lipinski definition) is 4. The van der Waals surface area contributed by atoms with Gasteiger partial charge in [0.1, 0.15) is 0 Å². The van der Waals surface area contributed by atoms with Gasteiger partial charge in [-0.25, -0.2) is 0 Å². The number of morpholine rings is 1. The Labute approximate surface area is 193 Å². The van der Waals surface area contributed by atoms with Crippen molar-refractivity contribution >= 4 is 29.9 Å². The summed E-state index contributed by atoms with van der Waals surface area (Å²) in [6, 6.07) is 9.07. The van der Waals surface area contributed by atoms with Crippen molar-refractivity contribution in [2.45, 2.75) is 39.7 Å². The molecule has 0 amide bonds. The molecule has 166 valence electrons. The molecule has 1 aromatic rings. The molecule has 1 saturated heterocycles. The molecule has 0 saturated carbocycles. The van der Waals surface area contributed by atoms with Gasteiger partial charge in [-0.05, 0) is 39.2 Å². The van der Waals surface area contributed by atoms with Crippen molar-refractivity contribution in [3.8, 4) is 0 Å². The van der Waals surface area contributed by atoms with Crippen molar-refractivity contribution in [2.24, 2.45) is 4.99 Å². The highest BCUT2D eigenvalue weighted by molar-refractivity contribution is 14.0. The summed E-state index contributed by atoms with van der Waals surface area (Å²) in [6.45, 7) is 13.9. The predicted octanol–water partition coefficient (Wildman–Crippen LogP) is 3.36. The van der Waals surface area contributed by atoms with E-state index in [0.717, 1.165) is 78.0 Å². The molecular weight excluding hydrogens is 479 g/mol. The van der Waals surface area contributed by atoms with Gasteiger partial charge < -0.3 is 20.1 Å². The summed E-state index contributed by atoms with van der Waals surface area (Å²) in [6.07, 6.45) is 2.15. The van der Waals surface area contributed by atoms with Gasteiger partial charge in [0.05, 0.1) is 25.8 Å². The molecule has 29 heavy (non-hydrogen) atoms. The fraction of sp³-hybridized carbons (Fsp3) is 0.682. The highest BCUT2D eigenvalue weighted by Gasteiger charge is 2.22. The molecule has 1 atom stereocenters. The third-order valence-corrected chi connectivity index (χ3v) is 4.89. The summed E-state index contributed by atoms with van der Waals surface area (Å²) in [5, 5.41) is 6.83. The van der Waals surface area contributed by atoms with Crippen molar-refractivity contribution in [3.05, 3.63) is 35.4 Å². The molecule has 2 rings (SSSR count). The fourth-order valence-electron chi connectivity index (χ4n) is 3.40. The standard InChI is InChI=1S/C22H38N4O2.HI/c1-4-23-22(24-11-6-7-14-27-5-2)25-18-21(26-12-15-28-16-13-26)20-10-8-9-19(3)17-20;/h8-10,17,21H,4-7,11-16,18H2,1-3H3,(H2,23,24,25);1H. The molecule has 1 unspecified atom stereocenters. The van der Waals surface area contributed by atoms with E-state index in [-0.39, 0.29) is 30.0 Å². The molecule has 0 aliphatic carbocycles. The van der Waals surface area contributed by atoms with Gasteiger partial charge in [0.15, 0.2) is 5.96 Å². The lowest BCUT2D eigenvalue weighted by atomic mass is 10.0. The van der Waals surface area contributed by atoms with Crippen LogP contribution in [0.15, 0.2) is 29.3 Å². The maximum Gasteiger partial charge on any atom is 0.191 e. The van der Waals surface area contributed by atoms with E-state index in [9.17, 15) is 0 Å². The van der Waals surface area contributed by atoms with E-state index in [0.29, 0.717) is 0 Å². The largest absolute Gasteiger partial charge is 0.382 e. The maximum atomic E-state index is 5.55. The summed E-state index contributed by atoms with van der Waals surface area (Å²) < 4.78 is 11.0. The molecule has 7 heteroatoms. The fourth-order valence-corrected chi connectivity index (χ4v) is 3.40. The first-order valence-corrected chi connectivity index (χ1v) is 10.7. The van der Waals surface area contributed by atoms with E-state index in [2.05, 4.69) is 53.6 Å². The van der Waals surface area contributed by atoms with Gasteiger partial charge in [-0.15, -0.1) is 24.0 Å². The molecule has 0 radical (unpaired) electrons. The number of benzene rings is 1. The molecule has 1 aliphatic heterocycles. The van der Waals surface area contributed by atoms with Gasteiger partial charge in [0, 0.05) is 39.4 Å². The van der Waals surface area contributed by atoms with Gasteiger partial charge in [-0.1, -0.05) is 29.8 Å². The van der Waals surface area contributed by atoms with Crippen LogP contribution in [0.1, 0.15) is 43.9 Å². The number of nitrogens with zero attached hydrogens (tertiary/aromatic N) is 2. The van der Waals surface area contributed by atoms with Crippen molar-refractivity contribution in [1.82, 2.24) is 15.5 Å². The number of aryl methyl sites for hydroxylation is 1. The number of rotatable bonds is 11. The quantitative estimate of drug-likeness (QED) is 0.204. The van der Waals surface area contributed by atoms with Crippen LogP contribution in [-0.4, -0.2) is 70.0 Å². The molecule has 1 aromatic carbocycles. The van der Waals surface area contributed by atoms with E-state index in [1.165, 1.54) is 11.1 Å². The first kappa shape index (κ1) is 26.1. The third-order valence-electron chi connectivity index (χ3n) is 4.89. The Morgan fingerprint density at radius 1 is 1.21 bits per heavy atom. The number of hydrogen-bond donors (Lipinski definition) is 2. The van der Waals surface area contributed by atoms with Gasteiger partial charge in [0.2, 0.25) is 0 Å². The average Bonchev–Trinajstić information content (AvgIpc) is 2.71. The van der Waals surface area contributed by atoms with Gasteiger partial charge in [-0.2, -0.15) is 0 Å². The highest BCUT2D eigenvalue weighted by atomic mass is 127. The number of halogens is 1. The Morgan fingerprint density at radius 2 is 2.00 bits per heavy atom. The Bertz CT molecular complexity index is 580. The zero-order valence-electron chi connectivity index (χ0n) is 18.3. The molecular formula is C22H39IN4O2. The number of ether oxygens (including phenoxy) is 2. The van der Waals surface area contributed by atoms with E-state index in [4.69, 9.17) is 14.5 Å². The van der Waals surface area contributed by atoms with Crippen molar-refractivity contribution < 1.29 is 9.47 Å². The van der Waals surface area contributed by atoms with E-state index >= 15 is 0 Å². The van der Waals surface area contributed by atoms with Crippen LogP contribution in [0.3, 0.4) is 0 Å². The van der Waals surface area contributed by atoms with Crippen LogP contribution in [-0.2, 0) is 9.47 Å². The molecule has 6 nitrogen and oxygen atoms in total. The SMILES string of the molecule is CCNC(=NCC(c1cccc(C)c1)N1CCOCC1)NCCCCOCC.I. The first-order chi connectivity index (χ1) is 13.7. The summed E-state index contributed by atoms with van der Waals surface area (Å²) in [5.41, 5.74) is 2.62. The van der Waals surface area contributed by atoms with Crippen LogP contribution >= 0.6 is 24.0 Å². The Kier molecular flexibility index (Phi) is 14.3. The van der Waals surface area contributed by atoms with Gasteiger partial charge >= 0.3 is 0 Å². The minimum atomic E-state index is 0.